The lowest BCUT2D eigenvalue weighted by atomic mass is 10.0. The molecule has 0 radical (unpaired) electrons. The smallest absolute Gasteiger partial charge is 0.156 e. The molecule has 1 saturated heterocycles. The van der Waals surface area contributed by atoms with Crippen molar-refractivity contribution in [3.63, 3.8) is 0 Å². The van der Waals surface area contributed by atoms with Crippen molar-refractivity contribution in [2.75, 3.05) is 0 Å². The Morgan fingerprint density at radius 1 is 1.50 bits per heavy atom. The van der Waals surface area contributed by atoms with Crippen LogP contribution in [0.3, 0.4) is 0 Å². The van der Waals surface area contributed by atoms with E-state index in [0.717, 1.165) is 0 Å². The largest absolute Gasteiger partial charge is 0.389 e. The van der Waals surface area contributed by atoms with E-state index < -0.39 is 12.4 Å². The van der Waals surface area contributed by atoms with Crippen molar-refractivity contribution in [3.8, 4) is 0 Å². The molecule has 0 aromatic heterocycles. The molecule has 4 nitrogen and oxygen atoms in total. The average molecular weight is 147 g/mol. The zero-order valence-corrected chi connectivity index (χ0v) is 5.90. The maximum absolute atomic E-state index is 9.20. The van der Waals surface area contributed by atoms with Crippen molar-refractivity contribution in [2.45, 2.75) is 37.9 Å². The number of hydrogen-bond donors (Lipinski definition) is 3. The van der Waals surface area contributed by atoms with Crippen LogP contribution in [0.4, 0.5) is 0 Å². The van der Waals surface area contributed by atoms with Gasteiger partial charge in [-0.1, -0.05) is 0 Å². The molecule has 1 heterocycles. The Labute approximate surface area is 59.6 Å². The van der Waals surface area contributed by atoms with Crippen LogP contribution in [0.25, 0.3) is 0 Å². The number of aliphatic hydroxyl groups excluding tert-OH is 2. The summed E-state index contributed by atoms with van der Waals surface area (Å²) in [7, 11) is 0. The Morgan fingerprint density at radius 3 is 2.60 bits per heavy atom. The highest BCUT2D eigenvalue weighted by atomic mass is 16.6. The molecular formula is C6H13NO3. The molecule has 0 aromatic rings. The molecule has 60 valence electrons. The highest BCUT2D eigenvalue weighted by Gasteiger charge is 2.31. The van der Waals surface area contributed by atoms with Gasteiger partial charge in [0, 0.05) is 12.5 Å². The number of nitrogens with two attached hydrogens (primary N) is 1. The maximum atomic E-state index is 9.20. The highest BCUT2D eigenvalue weighted by molar-refractivity contribution is 4.82. The van der Waals surface area contributed by atoms with Gasteiger partial charge in [0.05, 0.1) is 12.2 Å². The lowest BCUT2D eigenvalue weighted by Crippen LogP contribution is -2.51. The van der Waals surface area contributed by atoms with E-state index in [0.29, 0.717) is 6.42 Å². The number of hydrogen-bond acceptors (Lipinski definition) is 4. The van der Waals surface area contributed by atoms with E-state index in [1.807, 2.05) is 0 Å². The maximum Gasteiger partial charge on any atom is 0.156 e. The lowest BCUT2D eigenvalue weighted by Gasteiger charge is -2.33. The predicted octanol–water partition coefficient (Wildman–Crippen LogP) is -1.20. The number of ether oxygens (including phenoxy) is 1. The van der Waals surface area contributed by atoms with Crippen LogP contribution < -0.4 is 5.73 Å². The van der Waals surface area contributed by atoms with Gasteiger partial charge in [-0.2, -0.15) is 0 Å². The minimum atomic E-state index is -0.812. The first-order chi connectivity index (χ1) is 4.61. The molecule has 10 heavy (non-hydrogen) atoms. The molecule has 2 unspecified atom stereocenters. The first kappa shape index (κ1) is 7.94. The molecule has 1 rings (SSSR count). The van der Waals surface area contributed by atoms with Crippen LogP contribution in [0.15, 0.2) is 0 Å². The summed E-state index contributed by atoms with van der Waals surface area (Å²) < 4.78 is 4.89. The van der Waals surface area contributed by atoms with Crippen molar-refractivity contribution < 1.29 is 14.9 Å². The standard InChI is InChI=1S/C6H13NO3/c1-3-6(9)4(7)2-5(8)10-3/h3-6,8-9H,2,7H2,1H3/t3?,4?,5-,6+/m1/s1. The first-order valence-corrected chi connectivity index (χ1v) is 3.38. The Kier molecular flexibility index (Phi) is 2.25. The molecule has 4 atom stereocenters. The highest BCUT2D eigenvalue weighted by Crippen LogP contribution is 2.16. The second-order valence-corrected chi connectivity index (χ2v) is 2.69. The van der Waals surface area contributed by atoms with Crippen LogP contribution in [-0.2, 0) is 4.74 Å². The summed E-state index contributed by atoms with van der Waals surface area (Å²) in [5.74, 6) is 0. The summed E-state index contributed by atoms with van der Waals surface area (Å²) in [6.07, 6.45) is -1.51. The van der Waals surface area contributed by atoms with Gasteiger partial charge >= 0.3 is 0 Å². The Morgan fingerprint density at radius 2 is 2.10 bits per heavy atom. The predicted molar refractivity (Wildman–Crippen MR) is 35.2 cm³/mol. The third-order valence-electron chi connectivity index (χ3n) is 1.77. The van der Waals surface area contributed by atoms with Crippen molar-refractivity contribution in [1.82, 2.24) is 0 Å². The molecule has 0 amide bonds. The monoisotopic (exact) mass is 147 g/mol. The minimum Gasteiger partial charge on any atom is -0.389 e. The van der Waals surface area contributed by atoms with Crippen LogP contribution in [0, 0.1) is 0 Å². The van der Waals surface area contributed by atoms with Crippen molar-refractivity contribution in [3.05, 3.63) is 0 Å². The van der Waals surface area contributed by atoms with Crippen molar-refractivity contribution >= 4 is 0 Å². The van der Waals surface area contributed by atoms with Crippen LogP contribution in [0.1, 0.15) is 13.3 Å². The second kappa shape index (κ2) is 2.84. The minimum absolute atomic E-state index is 0.311. The second-order valence-electron chi connectivity index (χ2n) is 2.69. The molecule has 0 aromatic carbocycles. The van der Waals surface area contributed by atoms with E-state index in [9.17, 15) is 5.11 Å². The molecular weight excluding hydrogens is 134 g/mol. The van der Waals surface area contributed by atoms with Crippen LogP contribution in [-0.4, -0.2) is 34.8 Å². The van der Waals surface area contributed by atoms with Gasteiger partial charge in [0.1, 0.15) is 0 Å². The average Bonchev–Trinajstić information content (AvgIpc) is 1.82. The van der Waals surface area contributed by atoms with Gasteiger partial charge in [-0.25, -0.2) is 0 Å². The van der Waals surface area contributed by atoms with Crippen LogP contribution in [0.5, 0.6) is 0 Å². The third kappa shape index (κ3) is 1.46. The summed E-state index contributed by atoms with van der Waals surface area (Å²) in [4.78, 5) is 0. The fourth-order valence-electron chi connectivity index (χ4n) is 1.10. The molecule has 0 aliphatic carbocycles. The van der Waals surface area contributed by atoms with Crippen LogP contribution >= 0.6 is 0 Å². The fourth-order valence-corrected chi connectivity index (χ4v) is 1.10. The molecule has 0 spiro atoms. The summed E-state index contributed by atoms with van der Waals surface area (Å²) >= 11 is 0. The Hall–Kier alpha value is -0.160. The Balaban J connectivity index is 2.49. The summed E-state index contributed by atoms with van der Waals surface area (Å²) in [6.45, 7) is 1.69. The summed E-state index contributed by atoms with van der Waals surface area (Å²) in [6, 6.07) is -0.362. The molecule has 0 saturated carbocycles. The fraction of sp³-hybridized carbons (Fsp3) is 1.00. The first-order valence-electron chi connectivity index (χ1n) is 3.38. The van der Waals surface area contributed by atoms with E-state index in [2.05, 4.69) is 0 Å². The van der Waals surface area contributed by atoms with Gasteiger partial charge < -0.3 is 20.7 Å². The van der Waals surface area contributed by atoms with Crippen LogP contribution in [0.2, 0.25) is 0 Å². The van der Waals surface area contributed by atoms with Gasteiger partial charge in [0.25, 0.3) is 0 Å². The topological polar surface area (TPSA) is 75.7 Å². The van der Waals surface area contributed by atoms with Gasteiger partial charge in [-0.15, -0.1) is 0 Å². The van der Waals surface area contributed by atoms with Gasteiger partial charge in [0.15, 0.2) is 6.29 Å². The summed E-state index contributed by atoms with van der Waals surface area (Å²) in [5, 5.41) is 18.2. The quantitative estimate of drug-likeness (QED) is 0.402. The number of aliphatic hydroxyl groups is 2. The van der Waals surface area contributed by atoms with Gasteiger partial charge in [-0.3, -0.25) is 0 Å². The molecule has 1 aliphatic rings. The summed E-state index contributed by atoms with van der Waals surface area (Å²) in [5.41, 5.74) is 5.47. The van der Waals surface area contributed by atoms with E-state index in [1.54, 1.807) is 6.92 Å². The third-order valence-corrected chi connectivity index (χ3v) is 1.77. The Bertz CT molecular complexity index is 108. The molecule has 1 aliphatic heterocycles. The van der Waals surface area contributed by atoms with Crippen molar-refractivity contribution in [1.29, 1.82) is 0 Å². The zero-order chi connectivity index (χ0) is 7.72. The molecule has 0 bridgehead atoms. The van der Waals surface area contributed by atoms with E-state index in [4.69, 9.17) is 15.6 Å². The normalized spacial score (nSPS) is 49.2. The number of rotatable bonds is 0. The molecule has 4 heteroatoms. The SMILES string of the molecule is CC1O[C@@H](O)CC(N)[C@H]1O. The van der Waals surface area contributed by atoms with Gasteiger partial charge in [-0.05, 0) is 6.92 Å². The van der Waals surface area contributed by atoms with E-state index in [1.165, 1.54) is 0 Å². The molecule has 1 fully saturated rings. The van der Waals surface area contributed by atoms with Gasteiger partial charge in [0.2, 0.25) is 0 Å². The van der Waals surface area contributed by atoms with Crippen molar-refractivity contribution in [2.24, 2.45) is 5.73 Å². The molecule has 4 N–H and O–H groups in total. The van der Waals surface area contributed by atoms with E-state index >= 15 is 0 Å². The zero-order valence-electron chi connectivity index (χ0n) is 5.90. The lowest BCUT2D eigenvalue weighted by molar-refractivity contribution is -0.198. The van der Waals surface area contributed by atoms with E-state index in [-0.39, 0.29) is 12.1 Å².